The molecule has 0 spiro atoms. The van der Waals surface area contributed by atoms with Crippen LogP contribution in [0.4, 0.5) is 16.5 Å². The van der Waals surface area contributed by atoms with Gasteiger partial charge in [-0.1, -0.05) is 35.1 Å². The maximum absolute atomic E-state index is 13.1. The van der Waals surface area contributed by atoms with E-state index in [0.29, 0.717) is 27.5 Å². The summed E-state index contributed by atoms with van der Waals surface area (Å²) in [6.07, 6.45) is 0. The number of amides is 3. The van der Waals surface area contributed by atoms with Crippen LogP contribution in [0.2, 0.25) is 0 Å². The molecule has 9 nitrogen and oxygen atoms in total. The molecule has 3 aromatic rings. The number of carbonyl (C=O) groups is 4. The highest BCUT2D eigenvalue weighted by Gasteiger charge is 2.39. The summed E-state index contributed by atoms with van der Waals surface area (Å²) in [5.74, 6) is -2.10. The summed E-state index contributed by atoms with van der Waals surface area (Å²) < 4.78 is 4.99. The van der Waals surface area contributed by atoms with Crippen molar-refractivity contribution in [2.45, 2.75) is 27.7 Å². The SMILES string of the molecule is CCOC(=O)c1sc(NC(=O)c2ccc(NC3=C(Cl)C(=O)N(c4cccc(C)c4C)C3=O)cc2)nc1C. The number of ether oxygens (including phenoxy) is 1. The molecule has 1 aliphatic rings. The number of halogens is 1. The molecule has 3 amide bonds. The second-order valence-corrected chi connectivity index (χ2v) is 9.54. The summed E-state index contributed by atoms with van der Waals surface area (Å²) in [6, 6.07) is 11.6. The predicted molar refractivity (Wildman–Crippen MR) is 142 cm³/mol. The van der Waals surface area contributed by atoms with Crippen molar-refractivity contribution < 1.29 is 23.9 Å². The van der Waals surface area contributed by atoms with Gasteiger partial charge in [0.2, 0.25) is 0 Å². The summed E-state index contributed by atoms with van der Waals surface area (Å²) in [5, 5.41) is 5.62. The van der Waals surface area contributed by atoms with Crippen LogP contribution in [0.1, 0.15) is 43.8 Å². The number of benzene rings is 2. The van der Waals surface area contributed by atoms with Crippen molar-refractivity contribution in [2.75, 3.05) is 22.1 Å². The zero-order valence-corrected chi connectivity index (χ0v) is 22.0. The number of aromatic nitrogens is 1. The van der Waals surface area contributed by atoms with Crippen molar-refractivity contribution in [1.82, 2.24) is 4.98 Å². The molecule has 1 aliphatic heterocycles. The number of nitrogens with one attached hydrogen (secondary N) is 2. The number of hydrogen-bond acceptors (Lipinski definition) is 8. The molecule has 0 atom stereocenters. The summed E-state index contributed by atoms with van der Waals surface area (Å²) in [7, 11) is 0. The molecule has 0 aliphatic carbocycles. The molecule has 0 saturated carbocycles. The maximum Gasteiger partial charge on any atom is 0.350 e. The van der Waals surface area contributed by atoms with Crippen molar-refractivity contribution in [3.05, 3.63) is 80.5 Å². The van der Waals surface area contributed by atoms with E-state index in [0.717, 1.165) is 27.4 Å². The Bertz CT molecular complexity index is 1460. The first-order valence-electron chi connectivity index (χ1n) is 11.3. The zero-order valence-electron chi connectivity index (χ0n) is 20.5. The standard InChI is InChI=1S/C26H23ClN4O5S/c1-5-36-25(35)21-15(4)28-26(37-21)30-22(32)16-9-11-17(12-10-16)29-20-19(27)23(33)31(24(20)34)18-8-6-7-13(2)14(18)3/h6-12,29H,5H2,1-4H3,(H,28,30,32). The van der Waals surface area contributed by atoms with Crippen LogP contribution in [0.5, 0.6) is 0 Å². The fourth-order valence-corrected chi connectivity index (χ4v) is 4.73. The van der Waals surface area contributed by atoms with Crippen LogP contribution >= 0.6 is 22.9 Å². The van der Waals surface area contributed by atoms with Crippen LogP contribution in [0.25, 0.3) is 0 Å². The second-order valence-electron chi connectivity index (χ2n) is 8.16. The van der Waals surface area contributed by atoms with Gasteiger partial charge in [-0.15, -0.1) is 0 Å². The summed E-state index contributed by atoms with van der Waals surface area (Å²) in [4.78, 5) is 56.1. The van der Waals surface area contributed by atoms with Crippen molar-refractivity contribution in [2.24, 2.45) is 0 Å². The van der Waals surface area contributed by atoms with Crippen LogP contribution in [-0.4, -0.2) is 35.3 Å². The molecule has 0 saturated heterocycles. The second kappa shape index (κ2) is 10.5. The Morgan fingerprint density at radius 3 is 2.43 bits per heavy atom. The zero-order chi connectivity index (χ0) is 26.9. The van der Waals surface area contributed by atoms with Gasteiger partial charge >= 0.3 is 5.97 Å². The average Bonchev–Trinajstić information content (AvgIpc) is 3.33. The van der Waals surface area contributed by atoms with E-state index in [-0.39, 0.29) is 22.5 Å². The normalized spacial score (nSPS) is 13.3. The molecule has 2 aromatic carbocycles. The van der Waals surface area contributed by atoms with E-state index in [1.165, 1.54) is 0 Å². The third-order valence-corrected chi connectivity index (χ3v) is 7.14. The Labute approximate surface area is 222 Å². The lowest BCUT2D eigenvalue weighted by Gasteiger charge is -2.18. The average molecular weight is 539 g/mol. The Morgan fingerprint density at radius 2 is 1.76 bits per heavy atom. The minimum atomic E-state index is -0.611. The first kappa shape index (κ1) is 26.1. The van der Waals surface area contributed by atoms with Crippen LogP contribution in [0.3, 0.4) is 0 Å². The Kier molecular flexibility index (Phi) is 7.42. The molecule has 11 heteroatoms. The Balaban J connectivity index is 1.47. The minimum Gasteiger partial charge on any atom is -0.462 e. The molecule has 2 heterocycles. The van der Waals surface area contributed by atoms with Crippen LogP contribution in [0, 0.1) is 20.8 Å². The van der Waals surface area contributed by atoms with Gasteiger partial charge in [0.05, 0.1) is 18.0 Å². The molecule has 0 bridgehead atoms. The molecule has 190 valence electrons. The summed E-state index contributed by atoms with van der Waals surface area (Å²) >= 11 is 7.27. The highest BCUT2D eigenvalue weighted by Crippen LogP contribution is 2.33. The first-order chi connectivity index (χ1) is 17.6. The van der Waals surface area contributed by atoms with Gasteiger partial charge in [0.1, 0.15) is 15.6 Å². The molecule has 0 fully saturated rings. The number of imide groups is 1. The molecule has 37 heavy (non-hydrogen) atoms. The topological polar surface area (TPSA) is 118 Å². The molecule has 2 N–H and O–H groups in total. The Morgan fingerprint density at radius 1 is 1.05 bits per heavy atom. The highest BCUT2D eigenvalue weighted by atomic mass is 35.5. The van der Waals surface area contributed by atoms with Gasteiger partial charge < -0.3 is 10.1 Å². The molecule has 1 aromatic heterocycles. The largest absolute Gasteiger partial charge is 0.462 e. The number of esters is 1. The quantitative estimate of drug-likeness (QED) is 0.323. The van der Waals surface area contributed by atoms with E-state index in [4.69, 9.17) is 16.3 Å². The van der Waals surface area contributed by atoms with Gasteiger partial charge in [-0.2, -0.15) is 0 Å². The van der Waals surface area contributed by atoms with E-state index < -0.39 is 23.7 Å². The van der Waals surface area contributed by atoms with E-state index in [9.17, 15) is 19.2 Å². The van der Waals surface area contributed by atoms with E-state index in [1.54, 1.807) is 50.2 Å². The van der Waals surface area contributed by atoms with Gasteiger partial charge in [-0.25, -0.2) is 14.7 Å². The van der Waals surface area contributed by atoms with Gasteiger partial charge in [-0.05, 0) is 69.2 Å². The smallest absolute Gasteiger partial charge is 0.350 e. The van der Waals surface area contributed by atoms with Gasteiger partial charge in [0.25, 0.3) is 17.7 Å². The third kappa shape index (κ3) is 5.11. The molecule has 0 unspecified atom stereocenters. The highest BCUT2D eigenvalue weighted by molar-refractivity contribution is 7.17. The number of aryl methyl sites for hydroxylation is 2. The molecule has 0 radical (unpaired) electrons. The van der Waals surface area contributed by atoms with Crippen molar-refractivity contribution in [1.29, 1.82) is 0 Å². The monoisotopic (exact) mass is 538 g/mol. The number of hydrogen-bond donors (Lipinski definition) is 2. The fourth-order valence-electron chi connectivity index (χ4n) is 3.66. The van der Waals surface area contributed by atoms with Crippen molar-refractivity contribution >= 4 is 63.1 Å². The van der Waals surface area contributed by atoms with Crippen LogP contribution in [0.15, 0.2) is 53.2 Å². The summed E-state index contributed by atoms with van der Waals surface area (Å²) in [6.45, 7) is 7.34. The first-order valence-corrected chi connectivity index (χ1v) is 12.5. The number of anilines is 3. The lowest BCUT2D eigenvalue weighted by Crippen LogP contribution is -2.33. The lowest BCUT2D eigenvalue weighted by atomic mass is 10.1. The molecular formula is C26H23ClN4O5S. The lowest BCUT2D eigenvalue weighted by molar-refractivity contribution is -0.120. The number of thiazole rings is 1. The number of rotatable bonds is 7. The summed E-state index contributed by atoms with van der Waals surface area (Å²) in [5.41, 5.74) is 3.42. The van der Waals surface area contributed by atoms with Gasteiger partial charge in [0, 0.05) is 11.3 Å². The van der Waals surface area contributed by atoms with Crippen LogP contribution < -0.4 is 15.5 Å². The minimum absolute atomic E-state index is 0.0467. The maximum atomic E-state index is 13.1. The molecular weight excluding hydrogens is 516 g/mol. The fraction of sp³-hybridized carbons (Fsp3) is 0.192. The number of nitrogens with zero attached hydrogens (tertiary/aromatic N) is 2. The predicted octanol–water partition coefficient (Wildman–Crippen LogP) is 4.93. The van der Waals surface area contributed by atoms with Crippen molar-refractivity contribution in [3.8, 4) is 0 Å². The van der Waals surface area contributed by atoms with Gasteiger partial charge in [-0.3, -0.25) is 19.7 Å². The van der Waals surface area contributed by atoms with Gasteiger partial charge in [0.15, 0.2) is 5.13 Å². The third-order valence-electron chi connectivity index (χ3n) is 5.74. The van der Waals surface area contributed by atoms with E-state index in [2.05, 4.69) is 15.6 Å². The van der Waals surface area contributed by atoms with Crippen molar-refractivity contribution in [3.63, 3.8) is 0 Å². The Hall–Kier alpha value is -4.02. The van der Waals surface area contributed by atoms with Crippen LogP contribution in [-0.2, 0) is 14.3 Å². The van der Waals surface area contributed by atoms with E-state index >= 15 is 0 Å². The number of carbonyl (C=O) groups excluding carboxylic acids is 4. The molecule has 4 rings (SSSR count). The van der Waals surface area contributed by atoms with E-state index in [1.807, 2.05) is 19.9 Å².